The monoisotopic (exact) mass is 183 g/mol. The second-order valence-electron chi connectivity index (χ2n) is 2.81. The molecular weight excluding hydrogens is 170 g/mol. The molecule has 5 nitrogen and oxygen atoms in total. The minimum absolute atomic E-state index is 0.360. The van der Waals surface area contributed by atoms with Crippen molar-refractivity contribution in [3.8, 4) is 0 Å². The molecule has 0 bridgehead atoms. The van der Waals surface area contributed by atoms with Crippen molar-refractivity contribution in [1.29, 1.82) is 0 Å². The van der Waals surface area contributed by atoms with Gasteiger partial charge in [-0.25, -0.2) is 4.79 Å². The lowest BCUT2D eigenvalue weighted by molar-refractivity contribution is 0.209. The summed E-state index contributed by atoms with van der Waals surface area (Å²) in [6.07, 6.45) is 2.01. The number of hydrogen-bond donors (Lipinski definition) is 3. The summed E-state index contributed by atoms with van der Waals surface area (Å²) in [6.45, 7) is 2.10. The maximum absolute atomic E-state index is 10.2. The van der Waals surface area contributed by atoms with Crippen LogP contribution >= 0.6 is 0 Å². The Kier molecular flexibility index (Phi) is 3.31. The van der Waals surface area contributed by atoms with Gasteiger partial charge in [-0.3, -0.25) is 10.4 Å². The number of anilines is 1. The molecule has 13 heavy (non-hydrogen) atoms. The summed E-state index contributed by atoms with van der Waals surface area (Å²) < 4.78 is 0. The molecule has 0 fully saturated rings. The molecule has 1 heterocycles. The Hall–Kier alpha value is -1.52. The van der Waals surface area contributed by atoms with Crippen molar-refractivity contribution < 1.29 is 9.90 Å². The first-order chi connectivity index (χ1) is 6.22. The van der Waals surface area contributed by atoms with Gasteiger partial charge in [0.25, 0.3) is 0 Å². The van der Waals surface area contributed by atoms with Crippen LogP contribution < -0.4 is 5.32 Å². The van der Waals surface area contributed by atoms with E-state index in [1.807, 2.05) is 0 Å². The summed E-state index contributed by atoms with van der Waals surface area (Å²) in [7, 11) is 0. The van der Waals surface area contributed by atoms with Crippen molar-refractivity contribution in [2.24, 2.45) is 0 Å². The lowest BCUT2D eigenvalue weighted by atomic mass is 10.2. The number of aryl methyl sites for hydroxylation is 1. The number of aromatic nitrogens is 2. The van der Waals surface area contributed by atoms with E-state index in [0.717, 1.165) is 25.0 Å². The molecule has 1 amide bonds. The number of unbranched alkanes of at least 4 members (excludes halogenated alkanes) is 1. The van der Waals surface area contributed by atoms with Crippen LogP contribution in [0, 0.1) is 0 Å². The van der Waals surface area contributed by atoms with E-state index in [2.05, 4.69) is 22.4 Å². The highest BCUT2D eigenvalue weighted by molar-refractivity contribution is 5.81. The number of amides is 1. The molecule has 1 rings (SSSR count). The average Bonchev–Trinajstić information content (AvgIpc) is 2.48. The molecule has 0 aliphatic heterocycles. The maximum atomic E-state index is 10.2. The number of carbonyl (C=O) groups is 1. The minimum atomic E-state index is -1.09. The molecule has 1 aromatic rings. The molecule has 0 radical (unpaired) electrons. The first-order valence-electron chi connectivity index (χ1n) is 4.26. The first kappa shape index (κ1) is 9.57. The number of carboxylic acid groups (broad SMARTS) is 1. The molecular formula is C8H13N3O2. The zero-order valence-electron chi connectivity index (χ0n) is 7.50. The predicted octanol–water partition coefficient (Wildman–Crippen LogP) is 1.84. The summed E-state index contributed by atoms with van der Waals surface area (Å²) in [5.74, 6) is 0.360. The highest BCUT2D eigenvalue weighted by atomic mass is 16.4. The van der Waals surface area contributed by atoms with Gasteiger partial charge in [-0.05, 0) is 12.8 Å². The smallest absolute Gasteiger partial charge is 0.410 e. The van der Waals surface area contributed by atoms with Crippen molar-refractivity contribution in [2.75, 3.05) is 5.32 Å². The number of H-pyrrole nitrogens is 1. The normalized spacial score (nSPS) is 9.92. The Morgan fingerprint density at radius 1 is 1.77 bits per heavy atom. The predicted molar refractivity (Wildman–Crippen MR) is 48.8 cm³/mol. The summed E-state index contributed by atoms with van der Waals surface area (Å²) in [4.78, 5) is 10.2. The zero-order chi connectivity index (χ0) is 9.68. The van der Waals surface area contributed by atoms with Crippen molar-refractivity contribution in [1.82, 2.24) is 10.2 Å². The molecule has 1 aromatic heterocycles. The van der Waals surface area contributed by atoms with Gasteiger partial charge in [-0.1, -0.05) is 13.3 Å². The van der Waals surface area contributed by atoms with Gasteiger partial charge in [-0.15, -0.1) is 0 Å². The van der Waals surface area contributed by atoms with E-state index in [0.29, 0.717) is 5.82 Å². The Morgan fingerprint density at radius 3 is 3.15 bits per heavy atom. The third-order valence-electron chi connectivity index (χ3n) is 1.67. The molecule has 0 spiro atoms. The van der Waals surface area contributed by atoms with Crippen LogP contribution in [0.15, 0.2) is 6.07 Å². The fraction of sp³-hybridized carbons (Fsp3) is 0.500. The van der Waals surface area contributed by atoms with Gasteiger partial charge in [0, 0.05) is 11.8 Å². The Morgan fingerprint density at radius 2 is 2.54 bits per heavy atom. The van der Waals surface area contributed by atoms with Crippen molar-refractivity contribution in [3.05, 3.63) is 11.8 Å². The third kappa shape index (κ3) is 3.14. The van der Waals surface area contributed by atoms with Crippen LogP contribution in [0.25, 0.3) is 0 Å². The number of rotatable bonds is 4. The van der Waals surface area contributed by atoms with Gasteiger partial charge in [0.1, 0.15) is 0 Å². The largest absolute Gasteiger partial charge is 0.465 e. The van der Waals surface area contributed by atoms with Crippen LogP contribution in [0.3, 0.4) is 0 Å². The number of nitrogens with zero attached hydrogens (tertiary/aromatic N) is 1. The number of hydrogen-bond acceptors (Lipinski definition) is 2. The summed E-state index contributed by atoms with van der Waals surface area (Å²) in [5, 5.41) is 17.1. The van der Waals surface area contributed by atoms with Gasteiger partial charge >= 0.3 is 6.09 Å². The highest BCUT2D eigenvalue weighted by Gasteiger charge is 2.02. The highest BCUT2D eigenvalue weighted by Crippen LogP contribution is 2.07. The van der Waals surface area contributed by atoms with Crippen LogP contribution in [0.1, 0.15) is 25.5 Å². The van der Waals surface area contributed by atoms with Crippen molar-refractivity contribution in [3.63, 3.8) is 0 Å². The lowest BCUT2D eigenvalue weighted by Crippen LogP contribution is -2.07. The van der Waals surface area contributed by atoms with Gasteiger partial charge in [0.05, 0.1) is 0 Å². The van der Waals surface area contributed by atoms with Gasteiger partial charge in [0.2, 0.25) is 0 Å². The molecule has 0 saturated heterocycles. The molecule has 0 aromatic carbocycles. The molecule has 3 N–H and O–H groups in total. The summed E-state index contributed by atoms with van der Waals surface area (Å²) >= 11 is 0. The Balaban J connectivity index is 2.48. The second kappa shape index (κ2) is 4.49. The van der Waals surface area contributed by atoms with E-state index in [4.69, 9.17) is 5.11 Å². The van der Waals surface area contributed by atoms with Crippen molar-refractivity contribution in [2.45, 2.75) is 26.2 Å². The molecule has 0 atom stereocenters. The molecule has 0 aliphatic carbocycles. The molecule has 72 valence electrons. The quantitative estimate of drug-likeness (QED) is 0.666. The van der Waals surface area contributed by atoms with Crippen LogP contribution in [-0.2, 0) is 6.42 Å². The van der Waals surface area contributed by atoms with Crippen LogP contribution in [-0.4, -0.2) is 21.4 Å². The van der Waals surface area contributed by atoms with Gasteiger partial charge in [-0.2, -0.15) is 5.10 Å². The Labute approximate surface area is 76.2 Å². The van der Waals surface area contributed by atoms with E-state index in [1.54, 1.807) is 6.07 Å². The minimum Gasteiger partial charge on any atom is -0.465 e. The Bertz CT molecular complexity index is 283. The van der Waals surface area contributed by atoms with Crippen LogP contribution in [0.2, 0.25) is 0 Å². The van der Waals surface area contributed by atoms with Crippen LogP contribution in [0.5, 0.6) is 0 Å². The molecule has 0 aliphatic rings. The SMILES string of the molecule is CCCCc1cc(NC(=O)O)n[nH]1. The van der Waals surface area contributed by atoms with E-state index in [9.17, 15) is 4.79 Å². The summed E-state index contributed by atoms with van der Waals surface area (Å²) in [6, 6.07) is 1.71. The van der Waals surface area contributed by atoms with E-state index in [-0.39, 0.29) is 0 Å². The van der Waals surface area contributed by atoms with Crippen molar-refractivity contribution >= 4 is 11.9 Å². The van der Waals surface area contributed by atoms with Gasteiger partial charge in [0.15, 0.2) is 5.82 Å². The maximum Gasteiger partial charge on any atom is 0.410 e. The zero-order valence-corrected chi connectivity index (χ0v) is 7.50. The van der Waals surface area contributed by atoms with E-state index < -0.39 is 6.09 Å². The molecule has 5 heteroatoms. The average molecular weight is 183 g/mol. The fourth-order valence-electron chi connectivity index (χ4n) is 1.03. The number of aromatic amines is 1. The fourth-order valence-corrected chi connectivity index (χ4v) is 1.03. The van der Waals surface area contributed by atoms with Crippen LogP contribution in [0.4, 0.5) is 10.6 Å². The summed E-state index contributed by atoms with van der Waals surface area (Å²) in [5.41, 5.74) is 0.964. The lowest BCUT2D eigenvalue weighted by Gasteiger charge is -1.92. The van der Waals surface area contributed by atoms with Gasteiger partial charge < -0.3 is 5.11 Å². The first-order valence-corrected chi connectivity index (χ1v) is 4.26. The van der Waals surface area contributed by atoms with E-state index in [1.165, 1.54) is 0 Å². The molecule has 0 unspecified atom stereocenters. The standard InChI is InChI=1S/C8H13N3O2/c1-2-3-4-6-5-7(11-10-6)9-8(12)13/h5H,2-4H2,1H3,(H,12,13)(H2,9,10,11). The molecule has 0 saturated carbocycles. The van der Waals surface area contributed by atoms with E-state index >= 15 is 0 Å². The topological polar surface area (TPSA) is 78.0 Å². The second-order valence-corrected chi connectivity index (χ2v) is 2.81. The third-order valence-corrected chi connectivity index (χ3v) is 1.67. The number of nitrogens with one attached hydrogen (secondary N) is 2.